The second kappa shape index (κ2) is 9.35. The van der Waals surface area contributed by atoms with Gasteiger partial charge in [0.25, 0.3) is 0 Å². The van der Waals surface area contributed by atoms with Gasteiger partial charge in [0.1, 0.15) is 5.75 Å². The fraction of sp³-hybridized carbons (Fsp3) is 0.316. The van der Waals surface area contributed by atoms with Gasteiger partial charge in [0, 0.05) is 24.6 Å². The van der Waals surface area contributed by atoms with Crippen LogP contribution >= 0.6 is 11.8 Å². The Bertz CT molecular complexity index is 641. The van der Waals surface area contributed by atoms with Crippen molar-refractivity contribution in [1.82, 2.24) is 4.90 Å². The number of hydrogen-bond donors (Lipinski definition) is 2. The van der Waals surface area contributed by atoms with Gasteiger partial charge in [0.15, 0.2) is 5.17 Å². The SMILES string of the molecule is CCOCCN(Cc1ccc(O)cc1)C(=N)Sc1ccc(C)cc1. The van der Waals surface area contributed by atoms with Crippen LogP contribution in [0.1, 0.15) is 18.1 Å². The van der Waals surface area contributed by atoms with Crippen LogP contribution in [0.3, 0.4) is 0 Å². The molecular formula is C19H24N2O2S. The summed E-state index contributed by atoms with van der Waals surface area (Å²) < 4.78 is 5.45. The zero-order chi connectivity index (χ0) is 17.4. The zero-order valence-corrected chi connectivity index (χ0v) is 15.0. The van der Waals surface area contributed by atoms with Gasteiger partial charge in [0.2, 0.25) is 0 Å². The topological polar surface area (TPSA) is 56.6 Å². The van der Waals surface area contributed by atoms with Gasteiger partial charge in [-0.1, -0.05) is 41.6 Å². The van der Waals surface area contributed by atoms with Crippen molar-refractivity contribution < 1.29 is 9.84 Å². The number of amidine groups is 1. The number of benzene rings is 2. The molecule has 0 fully saturated rings. The summed E-state index contributed by atoms with van der Waals surface area (Å²) in [5.41, 5.74) is 2.27. The Morgan fingerprint density at radius 3 is 2.42 bits per heavy atom. The van der Waals surface area contributed by atoms with E-state index >= 15 is 0 Å². The monoisotopic (exact) mass is 344 g/mol. The molecule has 0 aliphatic carbocycles. The van der Waals surface area contributed by atoms with Crippen LogP contribution in [-0.2, 0) is 11.3 Å². The smallest absolute Gasteiger partial charge is 0.161 e. The van der Waals surface area contributed by atoms with Gasteiger partial charge in [-0.05, 0) is 43.7 Å². The summed E-state index contributed by atoms with van der Waals surface area (Å²) in [5.74, 6) is 0.253. The standard InChI is InChI=1S/C19H24N2O2S/c1-3-23-13-12-21(14-16-6-8-17(22)9-7-16)19(20)24-18-10-4-15(2)5-11-18/h4-11,20,22H,3,12-14H2,1-2H3. The fourth-order valence-corrected chi connectivity index (χ4v) is 2.96. The molecule has 128 valence electrons. The summed E-state index contributed by atoms with van der Waals surface area (Å²) in [4.78, 5) is 3.05. The molecule has 0 amide bonds. The predicted octanol–water partition coefficient (Wildman–Crippen LogP) is 4.27. The molecule has 2 N–H and O–H groups in total. The Balaban J connectivity index is 2.04. The molecule has 0 atom stereocenters. The van der Waals surface area contributed by atoms with Crippen LogP contribution in [0.4, 0.5) is 0 Å². The summed E-state index contributed by atoms with van der Waals surface area (Å²) in [7, 11) is 0. The number of thioether (sulfide) groups is 1. The fourth-order valence-electron chi connectivity index (χ4n) is 2.18. The van der Waals surface area contributed by atoms with E-state index in [0.717, 1.165) is 10.5 Å². The normalized spacial score (nSPS) is 10.6. The third-order valence-electron chi connectivity index (χ3n) is 3.54. The highest BCUT2D eigenvalue weighted by atomic mass is 32.2. The van der Waals surface area contributed by atoms with Crippen LogP contribution in [0.2, 0.25) is 0 Å². The van der Waals surface area contributed by atoms with E-state index < -0.39 is 0 Å². The second-order valence-electron chi connectivity index (χ2n) is 5.51. The van der Waals surface area contributed by atoms with E-state index in [9.17, 15) is 5.11 Å². The second-order valence-corrected chi connectivity index (χ2v) is 6.57. The maximum absolute atomic E-state index is 9.41. The number of aryl methyl sites for hydroxylation is 1. The van der Waals surface area contributed by atoms with Gasteiger partial charge >= 0.3 is 0 Å². The number of ether oxygens (including phenoxy) is 1. The lowest BCUT2D eigenvalue weighted by atomic mass is 10.2. The minimum atomic E-state index is 0.253. The van der Waals surface area contributed by atoms with Crippen molar-refractivity contribution in [3.8, 4) is 5.75 Å². The van der Waals surface area contributed by atoms with Crippen molar-refractivity contribution in [2.45, 2.75) is 25.3 Å². The van der Waals surface area contributed by atoms with E-state index in [1.165, 1.54) is 17.3 Å². The lowest BCUT2D eigenvalue weighted by Crippen LogP contribution is -2.31. The Hall–Kier alpha value is -1.98. The summed E-state index contributed by atoms with van der Waals surface area (Å²) in [6, 6.07) is 15.3. The number of phenols is 1. The van der Waals surface area contributed by atoms with E-state index in [4.69, 9.17) is 10.1 Å². The first-order valence-corrected chi connectivity index (χ1v) is 8.84. The van der Waals surface area contributed by atoms with Crippen molar-refractivity contribution in [2.75, 3.05) is 19.8 Å². The molecule has 2 rings (SSSR count). The van der Waals surface area contributed by atoms with Crippen molar-refractivity contribution >= 4 is 16.9 Å². The van der Waals surface area contributed by atoms with Crippen molar-refractivity contribution in [1.29, 1.82) is 5.41 Å². The quantitative estimate of drug-likeness (QED) is 0.341. The van der Waals surface area contributed by atoms with Gasteiger partial charge in [-0.3, -0.25) is 5.41 Å². The molecule has 0 aliphatic rings. The Kier molecular flexibility index (Phi) is 7.15. The highest BCUT2D eigenvalue weighted by Gasteiger charge is 2.12. The summed E-state index contributed by atoms with van der Waals surface area (Å²) >= 11 is 1.45. The molecule has 5 heteroatoms. The van der Waals surface area contributed by atoms with Gasteiger partial charge in [-0.25, -0.2) is 0 Å². The Labute approximate surface area is 148 Å². The first-order chi connectivity index (χ1) is 11.6. The summed E-state index contributed by atoms with van der Waals surface area (Å²) in [5, 5.41) is 18.4. The maximum atomic E-state index is 9.41. The molecule has 0 aromatic heterocycles. The van der Waals surface area contributed by atoms with Crippen LogP contribution in [-0.4, -0.2) is 34.9 Å². The van der Waals surface area contributed by atoms with E-state index in [0.29, 0.717) is 31.5 Å². The molecule has 0 unspecified atom stereocenters. The van der Waals surface area contributed by atoms with E-state index in [-0.39, 0.29) is 5.75 Å². The minimum absolute atomic E-state index is 0.253. The van der Waals surface area contributed by atoms with E-state index in [2.05, 4.69) is 19.1 Å². The first-order valence-electron chi connectivity index (χ1n) is 8.02. The van der Waals surface area contributed by atoms with Crippen LogP contribution in [0.15, 0.2) is 53.4 Å². The Morgan fingerprint density at radius 2 is 1.79 bits per heavy atom. The largest absolute Gasteiger partial charge is 0.508 e. The van der Waals surface area contributed by atoms with Gasteiger partial charge in [0.05, 0.1) is 6.61 Å². The molecule has 2 aromatic carbocycles. The molecule has 0 radical (unpaired) electrons. The molecule has 2 aromatic rings. The zero-order valence-electron chi connectivity index (χ0n) is 14.2. The molecule has 0 saturated carbocycles. The molecule has 0 spiro atoms. The number of phenolic OH excluding ortho intramolecular Hbond substituents is 1. The molecule has 0 saturated heterocycles. The minimum Gasteiger partial charge on any atom is -0.508 e. The van der Waals surface area contributed by atoms with E-state index in [1.807, 2.05) is 36.1 Å². The summed E-state index contributed by atoms with van der Waals surface area (Å²) in [6.45, 7) is 6.56. The average Bonchev–Trinajstić information content (AvgIpc) is 2.58. The number of rotatable bonds is 7. The van der Waals surface area contributed by atoms with Gasteiger partial charge < -0.3 is 14.7 Å². The van der Waals surface area contributed by atoms with Crippen LogP contribution in [0, 0.1) is 12.3 Å². The van der Waals surface area contributed by atoms with Gasteiger partial charge in [-0.2, -0.15) is 0 Å². The number of hydrogen-bond acceptors (Lipinski definition) is 4. The first kappa shape index (κ1) is 18.4. The van der Waals surface area contributed by atoms with Crippen LogP contribution in [0.25, 0.3) is 0 Å². The predicted molar refractivity (Wildman–Crippen MR) is 99.8 cm³/mol. The van der Waals surface area contributed by atoms with Crippen LogP contribution in [0.5, 0.6) is 5.75 Å². The average molecular weight is 344 g/mol. The lowest BCUT2D eigenvalue weighted by molar-refractivity contribution is 0.131. The van der Waals surface area contributed by atoms with Crippen LogP contribution < -0.4 is 0 Å². The lowest BCUT2D eigenvalue weighted by Gasteiger charge is -2.24. The molecule has 4 nitrogen and oxygen atoms in total. The third kappa shape index (κ3) is 5.91. The molecular weight excluding hydrogens is 320 g/mol. The molecule has 24 heavy (non-hydrogen) atoms. The number of nitrogens with zero attached hydrogens (tertiary/aromatic N) is 1. The van der Waals surface area contributed by atoms with Gasteiger partial charge in [-0.15, -0.1) is 0 Å². The molecule has 0 heterocycles. The van der Waals surface area contributed by atoms with E-state index in [1.54, 1.807) is 12.1 Å². The van der Waals surface area contributed by atoms with Crippen molar-refractivity contribution in [2.24, 2.45) is 0 Å². The Morgan fingerprint density at radius 1 is 1.12 bits per heavy atom. The summed E-state index contributed by atoms with van der Waals surface area (Å²) in [6.07, 6.45) is 0. The maximum Gasteiger partial charge on any atom is 0.161 e. The third-order valence-corrected chi connectivity index (χ3v) is 4.50. The van der Waals surface area contributed by atoms with Crippen molar-refractivity contribution in [3.05, 3.63) is 59.7 Å². The number of aromatic hydroxyl groups is 1. The molecule has 0 bridgehead atoms. The number of nitrogens with one attached hydrogen (secondary N) is 1. The molecule has 0 aliphatic heterocycles. The van der Waals surface area contributed by atoms with Crippen molar-refractivity contribution in [3.63, 3.8) is 0 Å². The highest BCUT2D eigenvalue weighted by Crippen LogP contribution is 2.22. The highest BCUT2D eigenvalue weighted by molar-refractivity contribution is 8.13.